The monoisotopic (exact) mass is 300 g/mol. The first-order valence-electron chi connectivity index (χ1n) is 7.55. The highest BCUT2D eigenvalue weighted by molar-refractivity contribution is 5.96. The van der Waals surface area contributed by atoms with Crippen LogP contribution in [0, 0.1) is 0 Å². The average molecular weight is 300 g/mol. The van der Waals surface area contributed by atoms with Gasteiger partial charge in [-0.05, 0) is 31.9 Å². The van der Waals surface area contributed by atoms with Crippen LogP contribution in [0.4, 0.5) is 0 Å². The number of aromatic nitrogens is 3. The first-order chi connectivity index (χ1) is 10.7. The summed E-state index contributed by atoms with van der Waals surface area (Å²) in [6.07, 6.45) is 7.37. The van der Waals surface area contributed by atoms with Gasteiger partial charge in [0.1, 0.15) is 11.4 Å². The van der Waals surface area contributed by atoms with E-state index in [1.807, 2.05) is 29.6 Å². The van der Waals surface area contributed by atoms with Crippen LogP contribution in [-0.2, 0) is 13.6 Å². The Balaban J connectivity index is 1.86. The maximum absolute atomic E-state index is 12.9. The fraction of sp³-hybridized carbons (Fsp3) is 0.438. The predicted octanol–water partition coefficient (Wildman–Crippen LogP) is 2.02. The highest BCUT2D eigenvalue weighted by Crippen LogP contribution is 2.31. The molecule has 0 radical (unpaired) electrons. The first kappa shape index (κ1) is 14.6. The molecule has 0 atom stereocenters. The summed E-state index contributed by atoms with van der Waals surface area (Å²) in [6.45, 7) is 2.88. The molecule has 0 spiro atoms. The molecule has 1 aliphatic carbocycles. The fourth-order valence-electron chi connectivity index (χ4n) is 2.41. The highest BCUT2D eigenvalue weighted by atomic mass is 16.5. The van der Waals surface area contributed by atoms with Crippen molar-refractivity contribution < 1.29 is 9.53 Å². The Labute approximate surface area is 129 Å². The van der Waals surface area contributed by atoms with Gasteiger partial charge in [-0.2, -0.15) is 0 Å². The minimum atomic E-state index is -0.0398. The largest absolute Gasteiger partial charge is 0.477 e. The number of pyridine rings is 1. The second-order valence-corrected chi connectivity index (χ2v) is 5.41. The molecule has 0 N–H and O–H groups in total. The van der Waals surface area contributed by atoms with Crippen molar-refractivity contribution in [2.75, 3.05) is 6.61 Å². The molecule has 1 fully saturated rings. The number of rotatable bonds is 6. The van der Waals surface area contributed by atoms with Gasteiger partial charge in [0.15, 0.2) is 0 Å². The maximum Gasteiger partial charge on any atom is 0.260 e. The van der Waals surface area contributed by atoms with Gasteiger partial charge in [0.25, 0.3) is 5.91 Å². The lowest BCUT2D eigenvalue weighted by Crippen LogP contribution is -2.34. The topological polar surface area (TPSA) is 60.2 Å². The molecule has 1 aliphatic rings. The van der Waals surface area contributed by atoms with E-state index < -0.39 is 0 Å². The lowest BCUT2D eigenvalue weighted by atomic mass is 10.2. The molecule has 1 saturated carbocycles. The van der Waals surface area contributed by atoms with E-state index in [2.05, 4.69) is 9.97 Å². The number of hydrogen-bond acceptors (Lipinski definition) is 4. The van der Waals surface area contributed by atoms with Gasteiger partial charge >= 0.3 is 0 Å². The zero-order chi connectivity index (χ0) is 15.5. The van der Waals surface area contributed by atoms with Crippen molar-refractivity contribution in [3.8, 4) is 5.88 Å². The van der Waals surface area contributed by atoms with E-state index in [-0.39, 0.29) is 5.91 Å². The van der Waals surface area contributed by atoms with Gasteiger partial charge in [0, 0.05) is 31.7 Å². The van der Waals surface area contributed by atoms with Gasteiger partial charge in [-0.1, -0.05) is 0 Å². The Bertz CT molecular complexity index is 664. The smallest absolute Gasteiger partial charge is 0.260 e. The molecule has 6 nitrogen and oxygen atoms in total. The number of carbonyl (C=O) groups is 1. The molecule has 6 heteroatoms. The number of aryl methyl sites for hydroxylation is 1. The summed E-state index contributed by atoms with van der Waals surface area (Å²) in [5.74, 6) is 1.24. The highest BCUT2D eigenvalue weighted by Gasteiger charge is 2.35. The van der Waals surface area contributed by atoms with Crippen LogP contribution in [0.5, 0.6) is 5.88 Å². The van der Waals surface area contributed by atoms with Crippen molar-refractivity contribution in [3.05, 3.63) is 42.1 Å². The molecule has 116 valence electrons. The molecule has 1 amide bonds. The second kappa shape index (κ2) is 6.17. The Morgan fingerprint density at radius 3 is 2.86 bits per heavy atom. The normalized spacial score (nSPS) is 13.9. The third-order valence-corrected chi connectivity index (χ3v) is 3.76. The summed E-state index contributed by atoms with van der Waals surface area (Å²) in [6, 6.07) is 3.83. The van der Waals surface area contributed by atoms with Crippen molar-refractivity contribution in [1.29, 1.82) is 0 Å². The summed E-state index contributed by atoms with van der Waals surface area (Å²) in [5, 5.41) is 0. The number of nitrogens with zero attached hydrogens (tertiary/aromatic N) is 4. The van der Waals surface area contributed by atoms with Crippen LogP contribution >= 0.6 is 0 Å². The molecule has 0 bridgehead atoms. The van der Waals surface area contributed by atoms with Gasteiger partial charge < -0.3 is 14.2 Å². The molecule has 0 unspecified atom stereocenters. The SMILES string of the molecule is CCOc1ncccc1C(=O)N(Cc1nccn1C)C1CC1. The Hall–Kier alpha value is -2.37. The van der Waals surface area contributed by atoms with E-state index in [4.69, 9.17) is 4.74 Å². The first-order valence-corrected chi connectivity index (χ1v) is 7.55. The minimum Gasteiger partial charge on any atom is -0.477 e. The van der Waals surface area contributed by atoms with Crippen LogP contribution in [-0.4, -0.2) is 38.0 Å². The molecule has 2 heterocycles. The van der Waals surface area contributed by atoms with Crippen LogP contribution in [0.1, 0.15) is 35.9 Å². The van der Waals surface area contributed by atoms with Crippen LogP contribution < -0.4 is 4.74 Å². The van der Waals surface area contributed by atoms with E-state index >= 15 is 0 Å². The zero-order valence-electron chi connectivity index (χ0n) is 12.9. The van der Waals surface area contributed by atoms with E-state index in [9.17, 15) is 4.79 Å². The molecule has 0 saturated heterocycles. The van der Waals surface area contributed by atoms with Crippen LogP contribution in [0.15, 0.2) is 30.7 Å². The van der Waals surface area contributed by atoms with Gasteiger partial charge in [-0.3, -0.25) is 4.79 Å². The number of imidazole rings is 1. The van der Waals surface area contributed by atoms with Crippen LogP contribution in [0.25, 0.3) is 0 Å². The van der Waals surface area contributed by atoms with Gasteiger partial charge in [0.05, 0.1) is 13.2 Å². The standard InChI is InChI=1S/C16H20N4O2/c1-3-22-15-13(5-4-8-18-15)16(21)20(12-6-7-12)11-14-17-9-10-19(14)2/h4-5,8-10,12H,3,6-7,11H2,1-2H3. The molecule has 3 rings (SSSR count). The number of hydrogen-bond donors (Lipinski definition) is 0. The lowest BCUT2D eigenvalue weighted by molar-refractivity contribution is 0.0719. The third-order valence-electron chi connectivity index (χ3n) is 3.76. The quantitative estimate of drug-likeness (QED) is 0.819. The van der Waals surface area contributed by atoms with Crippen molar-refractivity contribution >= 4 is 5.91 Å². The van der Waals surface area contributed by atoms with Crippen molar-refractivity contribution in [2.45, 2.75) is 32.4 Å². The van der Waals surface area contributed by atoms with Crippen molar-refractivity contribution in [3.63, 3.8) is 0 Å². The summed E-state index contributed by atoms with van der Waals surface area (Å²) >= 11 is 0. The average Bonchev–Trinajstić information content (AvgIpc) is 3.28. The minimum absolute atomic E-state index is 0.0398. The van der Waals surface area contributed by atoms with Crippen molar-refractivity contribution in [2.24, 2.45) is 7.05 Å². The lowest BCUT2D eigenvalue weighted by Gasteiger charge is -2.23. The number of amides is 1. The third kappa shape index (κ3) is 2.95. The summed E-state index contributed by atoms with van der Waals surface area (Å²) in [7, 11) is 1.94. The molecule has 2 aromatic heterocycles. The van der Waals surface area contributed by atoms with E-state index in [0.717, 1.165) is 18.7 Å². The molecule has 0 aliphatic heterocycles. The van der Waals surface area contributed by atoms with Gasteiger partial charge in [-0.15, -0.1) is 0 Å². The number of ether oxygens (including phenoxy) is 1. The summed E-state index contributed by atoms with van der Waals surface area (Å²) in [4.78, 5) is 23.3. The summed E-state index contributed by atoms with van der Waals surface area (Å²) in [5.41, 5.74) is 0.519. The summed E-state index contributed by atoms with van der Waals surface area (Å²) < 4.78 is 7.43. The van der Waals surface area contributed by atoms with E-state index in [0.29, 0.717) is 30.6 Å². The second-order valence-electron chi connectivity index (χ2n) is 5.41. The molecule has 0 aromatic carbocycles. The Morgan fingerprint density at radius 2 is 2.23 bits per heavy atom. The Kier molecular flexibility index (Phi) is 4.09. The zero-order valence-corrected chi connectivity index (χ0v) is 12.9. The molecule has 22 heavy (non-hydrogen) atoms. The fourth-order valence-corrected chi connectivity index (χ4v) is 2.41. The van der Waals surface area contributed by atoms with E-state index in [1.165, 1.54) is 0 Å². The maximum atomic E-state index is 12.9. The molecular weight excluding hydrogens is 280 g/mol. The Morgan fingerprint density at radius 1 is 1.41 bits per heavy atom. The molecular formula is C16H20N4O2. The van der Waals surface area contributed by atoms with Crippen LogP contribution in [0.3, 0.4) is 0 Å². The van der Waals surface area contributed by atoms with E-state index in [1.54, 1.807) is 24.5 Å². The predicted molar refractivity (Wildman–Crippen MR) is 81.5 cm³/mol. The van der Waals surface area contributed by atoms with Crippen LogP contribution in [0.2, 0.25) is 0 Å². The van der Waals surface area contributed by atoms with Crippen molar-refractivity contribution in [1.82, 2.24) is 19.4 Å². The number of carbonyl (C=O) groups excluding carboxylic acids is 1. The van der Waals surface area contributed by atoms with Gasteiger partial charge in [0.2, 0.25) is 5.88 Å². The van der Waals surface area contributed by atoms with Gasteiger partial charge in [-0.25, -0.2) is 9.97 Å². The molecule has 2 aromatic rings.